The Labute approximate surface area is 133 Å². The van der Waals surface area contributed by atoms with Crippen LogP contribution < -0.4 is 0 Å². The van der Waals surface area contributed by atoms with Gasteiger partial charge in [-0.15, -0.1) is 11.8 Å². The molecule has 3 aromatic heterocycles. The van der Waals surface area contributed by atoms with Gasteiger partial charge >= 0.3 is 0 Å². The number of nitrogens with zero attached hydrogens (tertiary/aromatic N) is 3. The third-order valence-corrected chi connectivity index (χ3v) is 4.82. The van der Waals surface area contributed by atoms with Gasteiger partial charge in [-0.1, -0.05) is 24.3 Å². The maximum Gasteiger partial charge on any atom is 0.139 e. The zero-order valence-electron chi connectivity index (χ0n) is 12.2. The number of rotatable bonds is 3. The minimum Gasteiger partial charge on any atom is -0.307 e. The van der Waals surface area contributed by atoms with Gasteiger partial charge in [-0.2, -0.15) is 0 Å². The highest BCUT2D eigenvalue weighted by Crippen LogP contribution is 2.29. The molecule has 0 saturated carbocycles. The van der Waals surface area contributed by atoms with Crippen LogP contribution in [0, 0.1) is 6.92 Å². The lowest BCUT2D eigenvalue weighted by Crippen LogP contribution is -1.84. The summed E-state index contributed by atoms with van der Waals surface area (Å²) in [6.07, 6.45) is 6.03. The second-order valence-electron chi connectivity index (χ2n) is 5.27. The van der Waals surface area contributed by atoms with E-state index in [9.17, 15) is 0 Å². The van der Waals surface area contributed by atoms with Crippen LogP contribution in [-0.4, -0.2) is 14.4 Å². The van der Waals surface area contributed by atoms with Crippen LogP contribution in [0.25, 0.3) is 16.6 Å². The molecule has 0 N–H and O–H groups in total. The van der Waals surface area contributed by atoms with Gasteiger partial charge < -0.3 is 4.40 Å². The summed E-state index contributed by atoms with van der Waals surface area (Å²) in [4.78, 5) is 10.4. The van der Waals surface area contributed by atoms with Crippen LogP contribution in [0.2, 0.25) is 0 Å². The first-order valence-electron chi connectivity index (χ1n) is 7.21. The molecule has 0 radical (unpaired) electrons. The third kappa shape index (κ3) is 2.35. The minimum absolute atomic E-state index is 0.856. The molecule has 0 spiro atoms. The fourth-order valence-corrected chi connectivity index (χ4v) is 3.55. The minimum atomic E-state index is 0.856. The van der Waals surface area contributed by atoms with Gasteiger partial charge in [-0.05, 0) is 30.7 Å². The van der Waals surface area contributed by atoms with Crippen molar-refractivity contribution in [1.82, 2.24) is 14.4 Å². The number of hydrogen-bond donors (Lipinski definition) is 0. The van der Waals surface area contributed by atoms with E-state index in [1.165, 1.54) is 15.8 Å². The third-order valence-electron chi connectivity index (χ3n) is 3.71. The van der Waals surface area contributed by atoms with Gasteiger partial charge in [0.05, 0.1) is 11.2 Å². The summed E-state index contributed by atoms with van der Waals surface area (Å²) in [7, 11) is 0. The lowest BCUT2D eigenvalue weighted by molar-refractivity contribution is 1.16. The molecule has 0 saturated heterocycles. The number of aromatic nitrogens is 3. The molecule has 0 aliphatic heterocycles. The number of thioether (sulfide) groups is 1. The van der Waals surface area contributed by atoms with E-state index >= 15 is 0 Å². The van der Waals surface area contributed by atoms with Gasteiger partial charge in [-0.25, -0.2) is 4.98 Å². The Morgan fingerprint density at radius 3 is 2.91 bits per heavy atom. The highest BCUT2D eigenvalue weighted by atomic mass is 32.2. The zero-order valence-corrected chi connectivity index (χ0v) is 13.0. The number of imidazole rings is 1. The molecule has 0 aliphatic rings. The van der Waals surface area contributed by atoms with Gasteiger partial charge in [0.2, 0.25) is 0 Å². The highest BCUT2D eigenvalue weighted by Gasteiger charge is 2.06. The molecule has 4 heteroatoms. The van der Waals surface area contributed by atoms with Crippen LogP contribution in [0.5, 0.6) is 0 Å². The number of benzene rings is 1. The molecule has 0 amide bonds. The molecule has 22 heavy (non-hydrogen) atoms. The normalized spacial score (nSPS) is 11.3. The van der Waals surface area contributed by atoms with E-state index in [1.807, 2.05) is 36.3 Å². The van der Waals surface area contributed by atoms with Crippen molar-refractivity contribution < 1.29 is 0 Å². The molecule has 0 aliphatic carbocycles. The Bertz CT molecular complexity index is 954. The van der Waals surface area contributed by atoms with Crippen LogP contribution in [0.3, 0.4) is 0 Å². The van der Waals surface area contributed by atoms with Crippen molar-refractivity contribution in [3.63, 3.8) is 0 Å². The standard InChI is InChI=1S/C18H15N3S/c1-13-5-4-10-21-11-14(20-18(13)21)12-22-17-8-9-19-16-7-3-2-6-15(16)17/h2-11H,12H2,1H3. The average molecular weight is 305 g/mol. The molecule has 1 aromatic carbocycles. The van der Waals surface area contributed by atoms with Crippen LogP contribution >= 0.6 is 11.8 Å². The Balaban J connectivity index is 1.64. The summed E-state index contributed by atoms with van der Waals surface area (Å²) in [5, 5.41) is 1.20. The first-order valence-corrected chi connectivity index (χ1v) is 8.19. The molecular formula is C18H15N3S. The molecule has 4 aromatic rings. The van der Waals surface area contributed by atoms with Gasteiger partial charge in [0, 0.05) is 34.6 Å². The molecule has 108 valence electrons. The van der Waals surface area contributed by atoms with E-state index in [0.717, 1.165) is 22.6 Å². The van der Waals surface area contributed by atoms with Crippen molar-refractivity contribution in [2.45, 2.75) is 17.6 Å². The van der Waals surface area contributed by atoms with Gasteiger partial charge in [0.1, 0.15) is 5.65 Å². The predicted octanol–water partition coefficient (Wildman–Crippen LogP) is 4.48. The number of hydrogen-bond acceptors (Lipinski definition) is 3. The predicted molar refractivity (Wildman–Crippen MR) is 91.2 cm³/mol. The van der Waals surface area contributed by atoms with Crippen LogP contribution in [0.4, 0.5) is 0 Å². The fourth-order valence-electron chi connectivity index (χ4n) is 2.62. The van der Waals surface area contributed by atoms with Gasteiger partial charge in [0.25, 0.3) is 0 Å². The first-order chi connectivity index (χ1) is 10.8. The summed E-state index contributed by atoms with van der Waals surface area (Å²) in [5.41, 5.74) is 4.38. The smallest absolute Gasteiger partial charge is 0.139 e. The maximum absolute atomic E-state index is 4.73. The van der Waals surface area contributed by atoms with E-state index in [0.29, 0.717) is 0 Å². The van der Waals surface area contributed by atoms with E-state index in [-0.39, 0.29) is 0 Å². The highest BCUT2D eigenvalue weighted by molar-refractivity contribution is 7.98. The van der Waals surface area contributed by atoms with Crippen molar-refractivity contribution in [3.8, 4) is 0 Å². The number of pyridine rings is 2. The molecule has 0 atom stereocenters. The van der Waals surface area contributed by atoms with Crippen molar-refractivity contribution >= 4 is 28.3 Å². The first kappa shape index (κ1) is 13.3. The van der Waals surface area contributed by atoms with Gasteiger partial charge in [-0.3, -0.25) is 4.98 Å². The second kappa shape index (κ2) is 5.46. The van der Waals surface area contributed by atoms with Crippen molar-refractivity contribution in [3.05, 3.63) is 72.3 Å². The van der Waals surface area contributed by atoms with E-state index in [4.69, 9.17) is 4.98 Å². The molecule has 0 unspecified atom stereocenters. The summed E-state index contributed by atoms with van der Waals surface area (Å²) in [6, 6.07) is 14.5. The SMILES string of the molecule is Cc1cccn2cc(CSc3ccnc4ccccc34)nc12. The topological polar surface area (TPSA) is 30.2 Å². The summed E-state index contributed by atoms with van der Waals surface area (Å²) in [5.74, 6) is 0.856. The van der Waals surface area contributed by atoms with Crippen molar-refractivity contribution in [2.24, 2.45) is 0 Å². The average Bonchev–Trinajstić information content (AvgIpc) is 2.97. The molecule has 3 nitrogen and oxygen atoms in total. The van der Waals surface area contributed by atoms with Crippen LogP contribution in [0.1, 0.15) is 11.3 Å². The summed E-state index contributed by atoms with van der Waals surface area (Å²) in [6.45, 7) is 2.09. The Hall–Kier alpha value is -2.33. The zero-order chi connectivity index (χ0) is 14.9. The van der Waals surface area contributed by atoms with E-state index in [1.54, 1.807) is 0 Å². The molecule has 3 heterocycles. The fraction of sp³-hybridized carbons (Fsp3) is 0.111. The molecule has 0 fully saturated rings. The Morgan fingerprint density at radius 2 is 2.00 bits per heavy atom. The lowest BCUT2D eigenvalue weighted by Gasteiger charge is -2.04. The maximum atomic E-state index is 4.73. The van der Waals surface area contributed by atoms with E-state index in [2.05, 4.69) is 52.8 Å². The quantitative estimate of drug-likeness (QED) is 0.523. The number of aryl methyl sites for hydroxylation is 1. The molecule has 0 bridgehead atoms. The van der Waals surface area contributed by atoms with Gasteiger partial charge in [0.15, 0.2) is 0 Å². The second-order valence-corrected chi connectivity index (χ2v) is 6.29. The Morgan fingerprint density at radius 1 is 1.09 bits per heavy atom. The van der Waals surface area contributed by atoms with E-state index < -0.39 is 0 Å². The van der Waals surface area contributed by atoms with Crippen molar-refractivity contribution in [1.29, 1.82) is 0 Å². The number of fused-ring (bicyclic) bond motifs is 2. The lowest BCUT2D eigenvalue weighted by atomic mass is 10.2. The van der Waals surface area contributed by atoms with Crippen LogP contribution in [-0.2, 0) is 5.75 Å². The number of para-hydroxylation sites is 1. The largest absolute Gasteiger partial charge is 0.307 e. The van der Waals surface area contributed by atoms with Crippen molar-refractivity contribution in [2.75, 3.05) is 0 Å². The summed E-state index contributed by atoms with van der Waals surface area (Å²) >= 11 is 1.81. The monoisotopic (exact) mass is 305 g/mol. The Kier molecular flexibility index (Phi) is 3.31. The summed E-state index contributed by atoms with van der Waals surface area (Å²) < 4.78 is 2.09. The molecular weight excluding hydrogens is 290 g/mol. The van der Waals surface area contributed by atoms with Crippen LogP contribution in [0.15, 0.2) is 66.0 Å². The molecule has 4 rings (SSSR count).